The SMILES string of the molecule is COc1ccc(C)cc1C(=O)N1CC[C@H](C(=O)NCC(=O)COc2c(C)cccc2C)C1.COc1ccc(C)cc1C(=O)N1CC[C@H](C(=O)NCC(=O)COc2c(F)cccc2F)C1. The van der Waals surface area contributed by atoms with Gasteiger partial charge in [0.05, 0.1) is 50.3 Å². The Balaban J connectivity index is 0.000000241. The lowest BCUT2D eigenvalue weighted by atomic mass is 10.1. The molecule has 0 aromatic heterocycles. The smallest absolute Gasteiger partial charge is 0.257 e. The van der Waals surface area contributed by atoms with Crippen molar-refractivity contribution in [3.05, 3.63) is 118 Å². The first-order valence-electron chi connectivity index (χ1n) is 20.8. The van der Waals surface area contributed by atoms with Crippen molar-refractivity contribution in [3.8, 4) is 23.0 Å². The van der Waals surface area contributed by atoms with Crippen LogP contribution in [-0.4, -0.2) is 112 Å². The number of carbonyl (C=O) groups excluding carboxylic acids is 6. The fourth-order valence-electron chi connectivity index (χ4n) is 7.35. The van der Waals surface area contributed by atoms with Crippen LogP contribution in [0.5, 0.6) is 23.0 Å². The highest BCUT2D eigenvalue weighted by molar-refractivity contribution is 5.99. The highest BCUT2D eigenvalue weighted by atomic mass is 19.1. The summed E-state index contributed by atoms with van der Waals surface area (Å²) in [6, 6.07) is 19.8. The molecule has 6 rings (SSSR count). The Bertz CT molecular complexity index is 2170. The maximum Gasteiger partial charge on any atom is 0.257 e. The molecule has 4 amide bonds. The third kappa shape index (κ3) is 12.6. The van der Waals surface area contributed by atoms with E-state index in [2.05, 4.69) is 10.6 Å². The second-order valence-electron chi connectivity index (χ2n) is 15.7. The summed E-state index contributed by atoms with van der Waals surface area (Å²) in [7, 11) is 3.02. The maximum absolute atomic E-state index is 13.5. The van der Waals surface area contributed by atoms with Gasteiger partial charge < -0.3 is 39.4 Å². The van der Waals surface area contributed by atoms with Crippen molar-refractivity contribution >= 4 is 35.2 Å². The van der Waals surface area contributed by atoms with Crippen LogP contribution in [0, 0.1) is 51.2 Å². The van der Waals surface area contributed by atoms with E-state index in [1.54, 1.807) is 34.1 Å². The topological polar surface area (TPSA) is 170 Å². The average molecular weight is 885 g/mol. The molecule has 0 saturated carbocycles. The molecule has 4 aromatic carbocycles. The van der Waals surface area contributed by atoms with Crippen LogP contribution in [-0.2, 0) is 19.2 Å². The van der Waals surface area contributed by atoms with Gasteiger partial charge in [-0.05, 0) is 88.1 Å². The normalized spacial score (nSPS) is 15.4. The maximum atomic E-state index is 13.5. The number of para-hydroxylation sites is 2. The molecule has 2 aliphatic rings. The van der Waals surface area contributed by atoms with E-state index in [-0.39, 0.29) is 61.6 Å². The molecule has 2 N–H and O–H groups in total. The van der Waals surface area contributed by atoms with Crippen LogP contribution in [0.15, 0.2) is 72.8 Å². The van der Waals surface area contributed by atoms with E-state index < -0.39 is 35.7 Å². The summed E-state index contributed by atoms with van der Waals surface area (Å²) < 4.78 is 48.2. The van der Waals surface area contributed by atoms with E-state index in [4.69, 9.17) is 18.9 Å². The first-order chi connectivity index (χ1) is 30.6. The van der Waals surface area contributed by atoms with Gasteiger partial charge in [-0.2, -0.15) is 0 Å². The Morgan fingerprint density at radius 3 is 1.42 bits per heavy atom. The zero-order chi connectivity index (χ0) is 46.5. The minimum absolute atomic E-state index is 0.0973. The molecule has 340 valence electrons. The van der Waals surface area contributed by atoms with Crippen molar-refractivity contribution in [2.45, 2.75) is 40.5 Å². The van der Waals surface area contributed by atoms with Gasteiger partial charge in [0, 0.05) is 26.2 Å². The summed E-state index contributed by atoms with van der Waals surface area (Å²) >= 11 is 0. The first kappa shape index (κ1) is 48.2. The quantitative estimate of drug-likeness (QED) is 0.150. The van der Waals surface area contributed by atoms with Gasteiger partial charge in [-0.15, -0.1) is 0 Å². The van der Waals surface area contributed by atoms with E-state index in [1.807, 2.05) is 58.0 Å². The first-order valence-corrected chi connectivity index (χ1v) is 20.8. The molecule has 0 unspecified atom stereocenters. The number of nitrogens with zero attached hydrogens (tertiary/aromatic N) is 2. The molecular weight excluding hydrogens is 831 g/mol. The molecule has 2 heterocycles. The number of amides is 4. The molecule has 2 atom stereocenters. The largest absolute Gasteiger partial charge is 0.496 e. The monoisotopic (exact) mass is 884 g/mol. The molecule has 0 spiro atoms. The predicted molar refractivity (Wildman–Crippen MR) is 233 cm³/mol. The fourth-order valence-corrected chi connectivity index (χ4v) is 7.35. The van der Waals surface area contributed by atoms with Crippen LogP contribution in [0.2, 0.25) is 0 Å². The van der Waals surface area contributed by atoms with Crippen molar-refractivity contribution in [2.24, 2.45) is 11.8 Å². The summed E-state index contributed by atoms with van der Waals surface area (Å²) in [5.74, 6) is -3.33. The van der Waals surface area contributed by atoms with Gasteiger partial charge >= 0.3 is 0 Å². The average Bonchev–Trinajstić information content (AvgIpc) is 3.99. The second-order valence-corrected chi connectivity index (χ2v) is 15.7. The van der Waals surface area contributed by atoms with Crippen LogP contribution >= 0.6 is 0 Å². The summed E-state index contributed by atoms with van der Waals surface area (Å²) in [5.41, 5.74) is 4.72. The number of benzene rings is 4. The molecule has 2 fully saturated rings. The van der Waals surface area contributed by atoms with Gasteiger partial charge in [0.15, 0.2) is 29.0 Å². The lowest BCUT2D eigenvalue weighted by Crippen LogP contribution is -2.38. The Labute approximate surface area is 371 Å². The number of halogens is 2. The van der Waals surface area contributed by atoms with Gasteiger partial charge in [0.2, 0.25) is 11.8 Å². The lowest BCUT2D eigenvalue weighted by molar-refractivity contribution is -0.128. The highest BCUT2D eigenvalue weighted by Crippen LogP contribution is 2.27. The molecule has 0 radical (unpaired) electrons. The van der Waals surface area contributed by atoms with Gasteiger partial charge in [-0.25, -0.2) is 8.78 Å². The van der Waals surface area contributed by atoms with Crippen LogP contribution in [0.25, 0.3) is 0 Å². The molecule has 16 heteroatoms. The van der Waals surface area contributed by atoms with Crippen LogP contribution in [0.3, 0.4) is 0 Å². The van der Waals surface area contributed by atoms with Crippen LogP contribution in [0.1, 0.15) is 55.8 Å². The number of hydrogen-bond donors (Lipinski definition) is 2. The number of likely N-dealkylation sites (tertiary alicyclic amines) is 2. The summed E-state index contributed by atoms with van der Waals surface area (Å²) in [6.45, 7) is 7.93. The number of Topliss-reactive ketones (excluding diaryl/α,β-unsaturated/α-hetero) is 2. The number of ether oxygens (including phenoxy) is 4. The Morgan fingerprint density at radius 2 is 1.00 bits per heavy atom. The number of rotatable bonds is 16. The molecular formula is C48H54F2N4O10. The van der Waals surface area contributed by atoms with Gasteiger partial charge in [-0.3, -0.25) is 28.8 Å². The summed E-state index contributed by atoms with van der Waals surface area (Å²) in [6.07, 6.45) is 1.01. The summed E-state index contributed by atoms with van der Waals surface area (Å²) in [4.78, 5) is 78.2. The van der Waals surface area contributed by atoms with Gasteiger partial charge in [0.1, 0.15) is 30.5 Å². The van der Waals surface area contributed by atoms with E-state index in [9.17, 15) is 37.5 Å². The number of methoxy groups -OCH3 is 2. The predicted octanol–water partition coefficient (Wildman–Crippen LogP) is 5.36. The molecule has 4 aromatic rings. The molecule has 2 aliphatic heterocycles. The van der Waals surface area contributed by atoms with E-state index in [1.165, 1.54) is 20.3 Å². The number of carbonyl (C=O) groups is 6. The number of nitrogens with one attached hydrogen (secondary N) is 2. The standard InChI is InChI=1S/C25H30N2O5.C23H24F2N2O5/c1-16-8-9-22(31-4)21(12-16)25(30)27-11-10-19(14-27)24(29)26-13-20(28)15-32-23-17(2)6-5-7-18(23)3;1-14-6-7-20(31-2)17(10-14)23(30)27-9-8-15(12-27)22(29)26-11-16(28)13-32-21-18(24)4-3-5-19(21)25/h5-9,12,19H,10-11,13-15H2,1-4H3,(H,26,29);3-7,10,15H,8-9,11-13H2,1-2H3,(H,26,29)/t19-;15-/m00/s1. The lowest BCUT2D eigenvalue weighted by Gasteiger charge is -2.18. The van der Waals surface area contributed by atoms with Crippen molar-refractivity contribution < 1.29 is 56.5 Å². The van der Waals surface area contributed by atoms with E-state index in [0.717, 1.165) is 34.4 Å². The van der Waals surface area contributed by atoms with Gasteiger partial charge in [0.25, 0.3) is 11.8 Å². The van der Waals surface area contributed by atoms with E-state index >= 15 is 0 Å². The number of ketones is 2. The molecule has 14 nitrogen and oxygen atoms in total. The third-order valence-electron chi connectivity index (χ3n) is 10.9. The van der Waals surface area contributed by atoms with Gasteiger partial charge in [-0.1, -0.05) is 47.5 Å². The fraction of sp³-hybridized carbons (Fsp3) is 0.375. The molecule has 64 heavy (non-hydrogen) atoms. The zero-order valence-electron chi connectivity index (χ0n) is 36.9. The number of aryl methyl sites for hydroxylation is 4. The third-order valence-corrected chi connectivity index (χ3v) is 10.9. The van der Waals surface area contributed by atoms with Crippen molar-refractivity contribution in [3.63, 3.8) is 0 Å². The van der Waals surface area contributed by atoms with Crippen molar-refractivity contribution in [2.75, 3.05) is 66.7 Å². The Hall–Kier alpha value is -6.84. The minimum atomic E-state index is -0.914. The number of hydrogen-bond acceptors (Lipinski definition) is 10. The molecule has 0 bridgehead atoms. The van der Waals surface area contributed by atoms with Crippen LogP contribution < -0.4 is 29.6 Å². The minimum Gasteiger partial charge on any atom is -0.496 e. The van der Waals surface area contributed by atoms with E-state index in [0.29, 0.717) is 60.9 Å². The van der Waals surface area contributed by atoms with Crippen LogP contribution in [0.4, 0.5) is 8.78 Å². The Morgan fingerprint density at radius 1 is 0.594 bits per heavy atom. The Kier molecular flexibility index (Phi) is 16.9. The molecule has 2 saturated heterocycles. The summed E-state index contributed by atoms with van der Waals surface area (Å²) in [5, 5.41) is 5.19. The second kappa shape index (κ2) is 22.5. The van der Waals surface area contributed by atoms with Crippen molar-refractivity contribution in [1.29, 1.82) is 0 Å². The highest BCUT2D eigenvalue weighted by Gasteiger charge is 2.34. The van der Waals surface area contributed by atoms with Crippen molar-refractivity contribution in [1.82, 2.24) is 20.4 Å². The zero-order valence-corrected chi connectivity index (χ0v) is 36.9. The molecule has 0 aliphatic carbocycles.